The second-order valence-corrected chi connectivity index (χ2v) is 8.61. The van der Waals surface area contributed by atoms with E-state index in [2.05, 4.69) is 10.3 Å². The van der Waals surface area contributed by atoms with Gasteiger partial charge in [0.1, 0.15) is 10.7 Å². The molecule has 0 aliphatic carbocycles. The zero-order chi connectivity index (χ0) is 22.8. The second-order valence-electron chi connectivity index (χ2n) is 7.58. The fraction of sp³-hybridized carbons (Fsp3) is 0.167. The van der Waals surface area contributed by atoms with Crippen LogP contribution in [0.3, 0.4) is 0 Å². The fourth-order valence-corrected chi connectivity index (χ4v) is 4.75. The number of fused-ring (bicyclic) bond motifs is 1. The first-order valence-corrected chi connectivity index (χ1v) is 11.3. The maximum Gasteiger partial charge on any atom is 0.293 e. The van der Waals surface area contributed by atoms with Crippen LogP contribution in [0, 0.1) is 10.1 Å². The van der Waals surface area contributed by atoms with E-state index in [0.29, 0.717) is 37.7 Å². The zero-order valence-corrected chi connectivity index (χ0v) is 18.4. The van der Waals surface area contributed by atoms with E-state index < -0.39 is 10.8 Å². The largest absolute Gasteiger partial charge is 0.378 e. The van der Waals surface area contributed by atoms with Crippen LogP contribution in [0.15, 0.2) is 66.7 Å². The Balaban J connectivity index is 1.33. The lowest BCUT2D eigenvalue weighted by atomic mass is 10.1. The fourth-order valence-electron chi connectivity index (χ4n) is 3.78. The van der Waals surface area contributed by atoms with Gasteiger partial charge in [-0.25, -0.2) is 4.98 Å². The van der Waals surface area contributed by atoms with Crippen LogP contribution in [0.25, 0.3) is 20.8 Å². The summed E-state index contributed by atoms with van der Waals surface area (Å²) in [5.74, 6) is -0.403. The van der Waals surface area contributed by atoms with E-state index in [1.807, 2.05) is 41.3 Å². The minimum Gasteiger partial charge on any atom is -0.378 e. The number of benzene rings is 3. The number of amides is 1. The molecule has 3 aromatic carbocycles. The van der Waals surface area contributed by atoms with Crippen molar-refractivity contribution in [2.75, 3.05) is 36.5 Å². The van der Waals surface area contributed by atoms with E-state index in [-0.39, 0.29) is 11.3 Å². The highest BCUT2D eigenvalue weighted by Gasteiger charge is 2.23. The number of nitrogens with one attached hydrogen (secondary N) is 1. The number of aromatic nitrogens is 1. The Morgan fingerprint density at radius 1 is 1.06 bits per heavy atom. The van der Waals surface area contributed by atoms with E-state index in [1.165, 1.54) is 6.07 Å². The Labute approximate surface area is 193 Å². The molecule has 1 aliphatic heterocycles. The molecular weight excluding hydrogens is 440 g/mol. The monoisotopic (exact) mass is 460 g/mol. The smallest absolute Gasteiger partial charge is 0.293 e. The van der Waals surface area contributed by atoms with Crippen molar-refractivity contribution < 1.29 is 14.5 Å². The predicted molar refractivity (Wildman–Crippen MR) is 129 cm³/mol. The van der Waals surface area contributed by atoms with E-state index in [4.69, 9.17) is 4.74 Å². The third kappa shape index (κ3) is 4.41. The number of hydrogen-bond donors (Lipinski definition) is 1. The molecule has 5 rings (SSSR count). The molecule has 1 amide bonds. The van der Waals surface area contributed by atoms with Crippen molar-refractivity contribution in [3.8, 4) is 10.6 Å². The molecule has 2 heterocycles. The average Bonchev–Trinajstić information content (AvgIpc) is 3.29. The Morgan fingerprint density at radius 2 is 1.82 bits per heavy atom. The van der Waals surface area contributed by atoms with Crippen LogP contribution in [0.4, 0.5) is 17.1 Å². The van der Waals surface area contributed by atoms with Gasteiger partial charge in [0.15, 0.2) is 0 Å². The molecule has 166 valence electrons. The molecule has 0 atom stereocenters. The molecule has 1 aliphatic rings. The molecule has 1 saturated heterocycles. The minimum atomic E-state index is -0.450. The van der Waals surface area contributed by atoms with Gasteiger partial charge >= 0.3 is 0 Å². The topological polar surface area (TPSA) is 97.6 Å². The third-order valence-electron chi connectivity index (χ3n) is 5.47. The molecule has 0 radical (unpaired) electrons. The molecule has 0 bridgehead atoms. The van der Waals surface area contributed by atoms with Crippen molar-refractivity contribution in [1.29, 1.82) is 0 Å². The summed E-state index contributed by atoms with van der Waals surface area (Å²) in [4.78, 5) is 30.5. The van der Waals surface area contributed by atoms with Gasteiger partial charge in [-0.2, -0.15) is 0 Å². The highest BCUT2D eigenvalue weighted by Crippen LogP contribution is 2.32. The summed E-state index contributed by atoms with van der Waals surface area (Å²) in [6.07, 6.45) is 0. The lowest BCUT2D eigenvalue weighted by molar-refractivity contribution is -0.384. The van der Waals surface area contributed by atoms with E-state index >= 15 is 0 Å². The number of carbonyl (C=O) groups is 1. The third-order valence-corrected chi connectivity index (χ3v) is 6.56. The summed E-state index contributed by atoms with van der Waals surface area (Å²) < 4.78 is 6.44. The number of anilines is 2. The van der Waals surface area contributed by atoms with E-state index in [0.717, 1.165) is 20.8 Å². The zero-order valence-electron chi connectivity index (χ0n) is 17.6. The molecule has 9 heteroatoms. The Morgan fingerprint density at radius 3 is 2.55 bits per heavy atom. The number of nitrogens with zero attached hydrogens (tertiary/aromatic N) is 3. The van der Waals surface area contributed by atoms with Crippen LogP contribution >= 0.6 is 11.3 Å². The van der Waals surface area contributed by atoms with E-state index in [9.17, 15) is 14.9 Å². The molecule has 1 fully saturated rings. The number of ether oxygens (including phenoxy) is 1. The summed E-state index contributed by atoms with van der Waals surface area (Å²) in [7, 11) is 0. The molecule has 1 aromatic heterocycles. The van der Waals surface area contributed by atoms with Crippen LogP contribution in [-0.2, 0) is 4.74 Å². The van der Waals surface area contributed by atoms with Crippen molar-refractivity contribution in [2.45, 2.75) is 0 Å². The summed E-state index contributed by atoms with van der Waals surface area (Å²) in [6, 6.07) is 19.9. The van der Waals surface area contributed by atoms with Crippen LogP contribution in [-0.4, -0.2) is 42.1 Å². The first kappa shape index (κ1) is 21.0. The number of para-hydroxylation sites is 1. The van der Waals surface area contributed by atoms with Crippen molar-refractivity contribution >= 4 is 44.5 Å². The normalized spacial score (nSPS) is 13.8. The van der Waals surface area contributed by atoms with Crippen molar-refractivity contribution in [1.82, 2.24) is 4.98 Å². The van der Waals surface area contributed by atoms with Crippen LogP contribution in [0.5, 0.6) is 0 Å². The highest BCUT2D eigenvalue weighted by molar-refractivity contribution is 7.21. The number of rotatable bonds is 5. The lowest BCUT2D eigenvalue weighted by Crippen LogP contribution is -2.36. The maximum absolute atomic E-state index is 12.8. The molecule has 8 nitrogen and oxygen atoms in total. The van der Waals surface area contributed by atoms with Crippen molar-refractivity contribution in [2.24, 2.45) is 0 Å². The summed E-state index contributed by atoms with van der Waals surface area (Å²) in [6.45, 7) is 2.19. The van der Waals surface area contributed by atoms with Crippen molar-refractivity contribution in [3.05, 3.63) is 82.4 Å². The number of hydrogen-bond acceptors (Lipinski definition) is 7. The molecule has 0 unspecified atom stereocenters. The minimum absolute atomic E-state index is 0.0873. The van der Waals surface area contributed by atoms with Gasteiger partial charge in [-0.15, -0.1) is 11.3 Å². The number of carbonyl (C=O) groups excluding carboxylic acids is 1. The standard InChI is InChI=1S/C24H20N4O4S/c29-23(17-7-10-20(21(15-17)28(30)31)27-11-13-32-14-12-27)25-18-8-5-16(6-9-18)24-26-19-3-1-2-4-22(19)33-24/h1-10,15H,11-14H2,(H,25,29). The number of nitro groups is 1. The van der Waals surface area contributed by atoms with Gasteiger partial charge in [0, 0.05) is 36.0 Å². The molecule has 0 saturated carbocycles. The van der Waals surface area contributed by atoms with Gasteiger partial charge in [0.05, 0.1) is 28.4 Å². The Kier molecular flexibility index (Phi) is 5.72. The SMILES string of the molecule is O=C(Nc1ccc(-c2nc3ccccc3s2)cc1)c1ccc(N2CCOCC2)c([N+](=O)[O-])c1. The van der Waals surface area contributed by atoms with Gasteiger partial charge in [-0.05, 0) is 48.5 Å². The Hall–Kier alpha value is -3.82. The molecular formula is C24H20N4O4S. The highest BCUT2D eigenvalue weighted by atomic mass is 32.1. The van der Waals surface area contributed by atoms with Gasteiger partial charge in [-0.3, -0.25) is 14.9 Å². The lowest BCUT2D eigenvalue weighted by Gasteiger charge is -2.28. The number of morpholine rings is 1. The number of thiazole rings is 1. The quantitative estimate of drug-likeness (QED) is 0.334. The van der Waals surface area contributed by atoms with Crippen molar-refractivity contribution in [3.63, 3.8) is 0 Å². The second kappa shape index (κ2) is 8.97. The van der Waals surface area contributed by atoms with Crippen LogP contribution < -0.4 is 10.2 Å². The van der Waals surface area contributed by atoms with Gasteiger partial charge in [-0.1, -0.05) is 12.1 Å². The molecule has 33 heavy (non-hydrogen) atoms. The van der Waals surface area contributed by atoms with E-state index in [1.54, 1.807) is 35.6 Å². The maximum atomic E-state index is 12.8. The van der Waals surface area contributed by atoms with Crippen LogP contribution in [0.1, 0.15) is 10.4 Å². The van der Waals surface area contributed by atoms with Gasteiger partial charge in [0.25, 0.3) is 11.6 Å². The summed E-state index contributed by atoms with van der Waals surface area (Å²) in [5, 5.41) is 15.4. The van der Waals surface area contributed by atoms with Gasteiger partial charge < -0.3 is 15.0 Å². The first-order chi connectivity index (χ1) is 16.1. The van der Waals surface area contributed by atoms with Crippen LogP contribution in [0.2, 0.25) is 0 Å². The summed E-state index contributed by atoms with van der Waals surface area (Å²) in [5.41, 5.74) is 3.16. The molecule has 4 aromatic rings. The number of nitro benzene ring substituents is 1. The summed E-state index contributed by atoms with van der Waals surface area (Å²) >= 11 is 1.61. The Bertz CT molecular complexity index is 1300. The molecule has 0 spiro atoms. The average molecular weight is 461 g/mol. The predicted octanol–water partition coefficient (Wildman–Crippen LogP) is 4.96. The molecule has 1 N–H and O–H groups in total. The van der Waals surface area contributed by atoms with Gasteiger partial charge in [0.2, 0.25) is 0 Å². The first-order valence-electron chi connectivity index (χ1n) is 10.5.